The average molecular weight is 364 g/mol. The molecule has 0 saturated carbocycles. The van der Waals surface area contributed by atoms with Crippen molar-refractivity contribution in [3.8, 4) is 17.2 Å². The van der Waals surface area contributed by atoms with E-state index in [1.165, 1.54) is 13.2 Å². The highest BCUT2D eigenvalue weighted by atomic mass is 127. The Bertz CT molecular complexity index is 443. The summed E-state index contributed by atoms with van der Waals surface area (Å²) in [7, 11) is 1.44. The standard InChI is InChI=1S/C13H17IO4/c1-3-4-5-6-8(15)11-9(16)7-10(18-2)12(14)13(11)17/h7,16-17H,3-6H2,1-2H3. The second-order valence-corrected chi connectivity index (χ2v) is 5.09. The fourth-order valence-electron chi connectivity index (χ4n) is 1.69. The van der Waals surface area contributed by atoms with Gasteiger partial charge in [0.25, 0.3) is 0 Å². The number of aromatic hydroxyl groups is 2. The number of unbranched alkanes of at least 4 members (excludes halogenated alkanes) is 2. The summed E-state index contributed by atoms with van der Waals surface area (Å²) < 4.78 is 5.44. The number of halogens is 1. The number of carbonyl (C=O) groups is 1. The number of ketones is 1. The molecule has 2 N–H and O–H groups in total. The van der Waals surface area contributed by atoms with Crippen LogP contribution in [0, 0.1) is 3.57 Å². The molecule has 0 aliphatic carbocycles. The molecule has 18 heavy (non-hydrogen) atoms. The van der Waals surface area contributed by atoms with Gasteiger partial charge in [-0.2, -0.15) is 0 Å². The van der Waals surface area contributed by atoms with Gasteiger partial charge in [0.15, 0.2) is 5.78 Å². The van der Waals surface area contributed by atoms with E-state index in [1.54, 1.807) is 0 Å². The molecule has 0 aliphatic heterocycles. The van der Waals surface area contributed by atoms with Crippen molar-refractivity contribution < 1.29 is 19.7 Å². The molecule has 0 spiro atoms. The molecule has 1 aromatic rings. The van der Waals surface area contributed by atoms with E-state index in [9.17, 15) is 15.0 Å². The number of methoxy groups -OCH3 is 1. The van der Waals surface area contributed by atoms with Crippen LogP contribution in [0.4, 0.5) is 0 Å². The molecule has 4 nitrogen and oxygen atoms in total. The molecule has 100 valence electrons. The molecule has 0 bridgehead atoms. The minimum Gasteiger partial charge on any atom is -0.507 e. The molecule has 0 atom stereocenters. The van der Waals surface area contributed by atoms with Crippen molar-refractivity contribution >= 4 is 28.4 Å². The zero-order chi connectivity index (χ0) is 13.7. The highest BCUT2D eigenvalue weighted by Crippen LogP contribution is 2.39. The van der Waals surface area contributed by atoms with Gasteiger partial charge in [-0.15, -0.1) is 0 Å². The highest BCUT2D eigenvalue weighted by Gasteiger charge is 2.21. The van der Waals surface area contributed by atoms with E-state index in [-0.39, 0.29) is 22.8 Å². The van der Waals surface area contributed by atoms with Gasteiger partial charge in [0.1, 0.15) is 22.8 Å². The molecule has 1 rings (SSSR count). The summed E-state index contributed by atoms with van der Waals surface area (Å²) >= 11 is 1.89. The van der Waals surface area contributed by atoms with Crippen LogP contribution in [0.1, 0.15) is 43.0 Å². The molecule has 1 aromatic carbocycles. The molecule has 0 unspecified atom stereocenters. The van der Waals surface area contributed by atoms with Crippen LogP contribution in [0.3, 0.4) is 0 Å². The molecule has 0 radical (unpaired) electrons. The number of ether oxygens (including phenoxy) is 1. The van der Waals surface area contributed by atoms with Crippen LogP contribution in [0.25, 0.3) is 0 Å². The van der Waals surface area contributed by atoms with Gasteiger partial charge in [-0.25, -0.2) is 0 Å². The maximum atomic E-state index is 11.9. The van der Waals surface area contributed by atoms with Gasteiger partial charge in [0.05, 0.1) is 10.7 Å². The first-order valence-electron chi connectivity index (χ1n) is 5.84. The van der Waals surface area contributed by atoms with E-state index < -0.39 is 0 Å². The summed E-state index contributed by atoms with van der Waals surface area (Å²) in [6.07, 6.45) is 3.07. The molecule has 0 amide bonds. The predicted molar refractivity (Wildman–Crippen MR) is 77.5 cm³/mol. The molecule has 5 heteroatoms. The number of hydrogen-bond acceptors (Lipinski definition) is 4. The first-order chi connectivity index (χ1) is 8.52. The molecule has 0 aromatic heterocycles. The summed E-state index contributed by atoms with van der Waals surface area (Å²) in [5.41, 5.74) is -0.00342. The molecule has 0 heterocycles. The Morgan fingerprint density at radius 1 is 1.39 bits per heavy atom. The third-order valence-corrected chi connectivity index (χ3v) is 3.73. The van der Waals surface area contributed by atoms with Crippen molar-refractivity contribution in [2.75, 3.05) is 7.11 Å². The Kier molecular flexibility index (Phi) is 5.71. The summed E-state index contributed by atoms with van der Waals surface area (Å²) in [6, 6.07) is 1.36. The van der Waals surface area contributed by atoms with Crippen LogP contribution in [0.5, 0.6) is 17.2 Å². The fraction of sp³-hybridized carbons (Fsp3) is 0.462. The monoisotopic (exact) mass is 364 g/mol. The Morgan fingerprint density at radius 2 is 2.06 bits per heavy atom. The van der Waals surface area contributed by atoms with Crippen molar-refractivity contribution in [2.24, 2.45) is 0 Å². The third kappa shape index (κ3) is 3.28. The maximum absolute atomic E-state index is 11.9. The second kappa shape index (κ2) is 6.82. The van der Waals surface area contributed by atoms with Crippen molar-refractivity contribution in [1.29, 1.82) is 0 Å². The number of phenols is 2. The smallest absolute Gasteiger partial charge is 0.170 e. The quantitative estimate of drug-likeness (QED) is 0.461. The van der Waals surface area contributed by atoms with E-state index in [0.717, 1.165) is 19.3 Å². The zero-order valence-electron chi connectivity index (χ0n) is 10.5. The van der Waals surface area contributed by atoms with Gasteiger partial charge in [-0.05, 0) is 29.0 Å². The largest absolute Gasteiger partial charge is 0.507 e. The lowest BCUT2D eigenvalue weighted by Crippen LogP contribution is -2.02. The Balaban J connectivity index is 3.02. The Labute approximate surface area is 120 Å². The fourth-order valence-corrected chi connectivity index (χ4v) is 2.34. The molecular formula is C13H17IO4. The SMILES string of the molecule is CCCCCC(=O)c1c(O)cc(OC)c(I)c1O. The second-order valence-electron chi connectivity index (χ2n) is 4.02. The number of rotatable bonds is 6. The normalized spacial score (nSPS) is 10.4. The minimum atomic E-state index is -0.237. The molecular weight excluding hydrogens is 347 g/mol. The van der Waals surface area contributed by atoms with Crippen LogP contribution in [-0.4, -0.2) is 23.1 Å². The number of hydrogen-bond donors (Lipinski definition) is 2. The van der Waals surface area contributed by atoms with Crippen LogP contribution in [0.2, 0.25) is 0 Å². The van der Waals surface area contributed by atoms with Gasteiger partial charge < -0.3 is 14.9 Å². The van der Waals surface area contributed by atoms with Gasteiger partial charge >= 0.3 is 0 Å². The summed E-state index contributed by atoms with van der Waals surface area (Å²) in [6.45, 7) is 2.05. The first-order valence-corrected chi connectivity index (χ1v) is 6.92. The number of phenolic OH excluding ortho intramolecular Hbond substituents is 2. The average Bonchev–Trinajstić information content (AvgIpc) is 2.34. The van der Waals surface area contributed by atoms with Crippen molar-refractivity contribution in [2.45, 2.75) is 32.6 Å². The van der Waals surface area contributed by atoms with Crippen molar-refractivity contribution in [3.63, 3.8) is 0 Å². The Morgan fingerprint density at radius 3 is 2.61 bits per heavy atom. The van der Waals surface area contributed by atoms with Crippen LogP contribution < -0.4 is 4.74 Å². The summed E-state index contributed by atoms with van der Waals surface area (Å²) in [4.78, 5) is 11.9. The van der Waals surface area contributed by atoms with E-state index in [0.29, 0.717) is 15.7 Å². The lowest BCUT2D eigenvalue weighted by atomic mass is 10.0. The molecule has 0 aliphatic rings. The van der Waals surface area contributed by atoms with Crippen molar-refractivity contribution in [3.05, 3.63) is 15.2 Å². The van der Waals surface area contributed by atoms with Gasteiger partial charge in [-0.1, -0.05) is 19.8 Å². The zero-order valence-corrected chi connectivity index (χ0v) is 12.7. The first kappa shape index (κ1) is 15.1. The van der Waals surface area contributed by atoms with E-state index in [2.05, 4.69) is 6.92 Å². The van der Waals surface area contributed by atoms with Crippen LogP contribution >= 0.6 is 22.6 Å². The minimum absolute atomic E-state index is 0.00342. The lowest BCUT2D eigenvalue weighted by Gasteiger charge is -2.11. The van der Waals surface area contributed by atoms with E-state index >= 15 is 0 Å². The topological polar surface area (TPSA) is 66.8 Å². The number of carbonyl (C=O) groups excluding carboxylic acids is 1. The van der Waals surface area contributed by atoms with Crippen LogP contribution in [0.15, 0.2) is 6.07 Å². The van der Waals surface area contributed by atoms with Gasteiger partial charge in [0.2, 0.25) is 0 Å². The van der Waals surface area contributed by atoms with Gasteiger partial charge in [0, 0.05) is 12.5 Å². The number of benzene rings is 1. The number of Topliss-reactive ketones (excluding diaryl/α,β-unsaturated/α-hetero) is 1. The maximum Gasteiger partial charge on any atom is 0.170 e. The van der Waals surface area contributed by atoms with Crippen molar-refractivity contribution in [1.82, 2.24) is 0 Å². The van der Waals surface area contributed by atoms with Crippen LogP contribution in [-0.2, 0) is 0 Å². The summed E-state index contributed by atoms with van der Waals surface area (Å²) in [5, 5.41) is 19.7. The molecule has 0 saturated heterocycles. The van der Waals surface area contributed by atoms with Gasteiger partial charge in [-0.3, -0.25) is 4.79 Å². The van der Waals surface area contributed by atoms with E-state index in [4.69, 9.17) is 4.74 Å². The summed E-state index contributed by atoms with van der Waals surface area (Å²) in [5.74, 6) is -0.310. The molecule has 0 fully saturated rings. The highest BCUT2D eigenvalue weighted by molar-refractivity contribution is 14.1. The predicted octanol–water partition coefficient (Wildman–Crippen LogP) is 3.47. The Hall–Kier alpha value is -0.980. The van der Waals surface area contributed by atoms with E-state index in [1.807, 2.05) is 22.6 Å². The lowest BCUT2D eigenvalue weighted by molar-refractivity contribution is 0.0973. The third-order valence-electron chi connectivity index (χ3n) is 2.69.